The summed E-state index contributed by atoms with van der Waals surface area (Å²) >= 11 is 1.85. The van der Waals surface area contributed by atoms with Crippen molar-refractivity contribution in [1.82, 2.24) is 4.57 Å². The number of aryl methyl sites for hydroxylation is 2. The number of aromatic nitrogens is 1. The maximum Gasteiger partial charge on any atom is 0.0318 e. The molecule has 2 nitrogen and oxygen atoms in total. The normalized spacial score (nSPS) is 20.9. The van der Waals surface area contributed by atoms with E-state index in [-0.39, 0.29) is 6.04 Å². The first-order valence-electron chi connectivity index (χ1n) is 7.43. The van der Waals surface area contributed by atoms with Gasteiger partial charge in [-0.3, -0.25) is 0 Å². The number of fused-ring (bicyclic) bond motifs is 1. The van der Waals surface area contributed by atoms with Crippen molar-refractivity contribution in [3.05, 3.63) is 45.4 Å². The van der Waals surface area contributed by atoms with Gasteiger partial charge in [-0.25, -0.2) is 0 Å². The third-order valence-electron chi connectivity index (χ3n) is 4.43. The lowest BCUT2D eigenvalue weighted by Gasteiger charge is -2.34. The summed E-state index contributed by atoms with van der Waals surface area (Å²) in [5.74, 6) is 0. The Hall–Kier alpha value is -1.06. The van der Waals surface area contributed by atoms with Crippen molar-refractivity contribution in [1.29, 1.82) is 0 Å². The second kappa shape index (κ2) is 5.05. The van der Waals surface area contributed by atoms with Crippen LogP contribution < -0.4 is 5.73 Å². The van der Waals surface area contributed by atoms with Crippen LogP contribution in [0.2, 0.25) is 0 Å². The lowest BCUT2D eigenvalue weighted by atomic mass is 9.74. The highest BCUT2D eigenvalue weighted by atomic mass is 32.1. The molecule has 0 spiro atoms. The summed E-state index contributed by atoms with van der Waals surface area (Å²) < 4.78 is 2.50. The van der Waals surface area contributed by atoms with Gasteiger partial charge >= 0.3 is 0 Å². The first-order valence-corrected chi connectivity index (χ1v) is 8.31. The van der Waals surface area contributed by atoms with E-state index in [0.29, 0.717) is 5.41 Å². The predicted octanol–water partition coefficient (Wildman–Crippen LogP) is 4.07. The molecular formula is C17H24N2S. The van der Waals surface area contributed by atoms with Crippen LogP contribution >= 0.6 is 11.3 Å². The molecule has 0 aromatic carbocycles. The average molecular weight is 288 g/mol. The van der Waals surface area contributed by atoms with Crippen molar-refractivity contribution in [2.75, 3.05) is 0 Å². The lowest BCUT2D eigenvalue weighted by molar-refractivity contribution is 0.275. The van der Waals surface area contributed by atoms with Gasteiger partial charge in [0, 0.05) is 28.9 Å². The molecule has 0 bridgehead atoms. The predicted molar refractivity (Wildman–Crippen MR) is 86.2 cm³/mol. The summed E-state index contributed by atoms with van der Waals surface area (Å²) in [6.07, 6.45) is 3.36. The van der Waals surface area contributed by atoms with Gasteiger partial charge in [-0.05, 0) is 54.7 Å². The molecule has 3 rings (SSSR count). The second-order valence-corrected chi connectivity index (χ2v) is 7.85. The highest BCUT2D eigenvalue weighted by Crippen LogP contribution is 2.40. The van der Waals surface area contributed by atoms with E-state index in [9.17, 15) is 0 Å². The lowest BCUT2D eigenvalue weighted by Crippen LogP contribution is -2.30. The van der Waals surface area contributed by atoms with E-state index in [1.807, 2.05) is 11.3 Å². The molecule has 0 radical (unpaired) electrons. The summed E-state index contributed by atoms with van der Waals surface area (Å²) in [6, 6.07) is 6.88. The molecule has 3 heteroatoms. The monoisotopic (exact) mass is 288 g/mol. The van der Waals surface area contributed by atoms with Crippen molar-refractivity contribution < 1.29 is 0 Å². The molecule has 2 aromatic heterocycles. The van der Waals surface area contributed by atoms with Gasteiger partial charge in [-0.2, -0.15) is 0 Å². The molecule has 0 saturated carbocycles. The highest BCUT2D eigenvalue weighted by molar-refractivity contribution is 7.09. The molecule has 1 unspecified atom stereocenters. The molecule has 0 saturated heterocycles. The molecule has 1 atom stereocenters. The topological polar surface area (TPSA) is 30.9 Å². The van der Waals surface area contributed by atoms with Gasteiger partial charge in [0.1, 0.15) is 0 Å². The number of nitrogens with two attached hydrogens (primary N) is 1. The average Bonchev–Trinajstić information content (AvgIpc) is 2.94. The largest absolute Gasteiger partial charge is 0.348 e. The van der Waals surface area contributed by atoms with Crippen LogP contribution in [0.5, 0.6) is 0 Å². The fourth-order valence-electron chi connectivity index (χ4n) is 3.49. The molecule has 2 N–H and O–H groups in total. The van der Waals surface area contributed by atoms with Crippen LogP contribution in [0.4, 0.5) is 0 Å². The second-order valence-electron chi connectivity index (χ2n) is 6.82. The van der Waals surface area contributed by atoms with Crippen molar-refractivity contribution >= 4 is 11.3 Å². The summed E-state index contributed by atoms with van der Waals surface area (Å²) in [5, 5.41) is 2.16. The van der Waals surface area contributed by atoms with E-state index in [4.69, 9.17) is 5.73 Å². The van der Waals surface area contributed by atoms with Gasteiger partial charge in [-0.15, -0.1) is 11.3 Å². The summed E-state index contributed by atoms with van der Waals surface area (Å²) in [4.78, 5) is 1.46. The highest BCUT2D eigenvalue weighted by Gasteiger charge is 2.33. The van der Waals surface area contributed by atoms with Crippen molar-refractivity contribution in [2.45, 2.75) is 52.6 Å². The van der Waals surface area contributed by atoms with Gasteiger partial charge in [0.15, 0.2) is 0 Å². The maximum absolute atomic E-state index is 6.38. The van der Waals surface area contributed by atoms with Crippen LogP contribution in [0.15, 0.2) is 23.6 Å². The Morgan fingerprint density at radius 1 is 1.45 bits per heavy atom. The molecule has 2 aromatic rings. The number of thiophene rings is 1. The zero-order valence-electron chi connectivity index (χ0n) is 12.6. The summed E-state index contributed by atoms with van der Waals surface area (Å²) in [5.41, 5.74) is 10.9. The van der Waals surface area contributed by atoms with Crippen molar-refractivity contribution in [3.8, 4) is 0 Å². The van der Waals surface area contributed by atoms with Crippen LogP contribution in [0.1, 0.15) is 48.1 Å². The van der Waals surface area contributed by atoms with E-state index >= 15 is 0 Å². The number of rotatable bonds is 3. The van der Waals surface area contributed by atoms with Gasteiger partial charge in [-0.1, -0.05) is 19.9 Å². The molecular weight excluding hydrogens is 264 g/mol. The van der Waals surface area contributed by atoms with Crippen LogP contribution in [0.3, 0.4) is 0 Å². The van der Waals surface area contributed by atoms with Gasteiger partial charge in [0.2, 0.25) is 0 Å². The molecule has 0 fully saturated rings. The fourth-order valence-corrected chi connectivity index (χ4v) is 4.19. The van der Waals surface area contributed by atoms with Crippen LogP contribution in [0, 0.1) is 12.3 Å². The number of hydrogen-bond acceptors (Lipinski definition) is 2. The third kappa shape index (κ3) is 2.57. The van der Waals surface area contributed by atoms with E-state index in [1.165, 1.54) is 21.8 Å². The molecule has 2 heterocycles. The number of hydrogen-bond donors (Lipinski definition) is 1. The Balaban J connectivity index is 1.88. The standard InChI is InChI=1S/C17H24N2S/c1-12-9-14-15(18)10-17(2,3)11-16(14)19(12)7-6-13-5-4-8-20-13/h4-5,8-9,15H,6-7,10-11,18H2,1-3H3. The molecule has 20 heavy (non-hydrogen) atoms. The SMILES string of the molecule is Cc1cc2c(n1CCc1cccs1)CC(C)(C)CC2N. The zero-order valence-corrected chi connectivity index (χ0v) is 13.5. The Kier molecular flexibility index (Phi) is 3.51. The minimum Gasteiger partial charge on any atom is -0.348 e. The summed E-state index contributed by atoms with van der Waals surface area (Å²) in [6.45, 7) is 7.96. The Morgan fingerprint density at radius 2 is 2.25 bits per heavy atom. The summed E-state index contributed by atoms with van der Waals surface area (Å²) in [7, 11) is 0. The van der Waals surface area contributed by atoms with Crippen LogP contribution in [0.25, 0.3) is 0 Å². The fraction of sp³-hybridized carbons (Fsp3) is 0.529. The molecule has 1 aliphatic rings. The first-order chi connectivity index (χ1) is 9.46. The Morgan fingerprint density at radius 3 is 2.95 bits per heavy atom. The molecule has 108 valence electrons. The third-order valence-corrected chi connectivity index (χ3v) is 5.37. The van der Waals surface area contributed by atoms with E-state index in [2.05, 4.69) is 48.9 Å². The van der Waals surface area contributed by atoms with E-state index in [1.54, 1.807) is 0 Å². The van der Waals surface area contributed by atoms with Crippen LogP contribution in [-0.4, -0.2) is 4.57 Å². The van der Waals surface area contributed by atoms with Crippen molar-refractivity contribution in [2.24, 2.45) is 11.1 Å². The minimum atomic E-state index is 0.204. The minimum absolute atomic E-state index is 0.204. The van der Waals surface area contributed by atoms with Gasteiger partial charge < -0.3 is 10.3 Å². The first kappa shape index (κ1) is 13.9. The Bertz CT molecular complexity index is 593. The van der Waals surface area contributed by atoms with E-state index < -0.39 is 0 Å². The quantitative estimate of drug-likeness (QED) is 0.906. The Labute approximate surface area is 125 Å². The van der Waals surface area contributed by atoms with Crippen LogP contribution in [-0.2, 0) is 19.4 Å². The molecule has 1 aliphatic carbocycles. The smallest absolute Gasteiger partial charge is 0.0318 e. The molecule has 0 amide bonds. The van der Waals surface area contributed by atoms with Gasteiger partial charge in [0.05, 0.1) is 0 Å². The maximum atomic E-state index is 6.38. The van der Waals surface area contributed by atoms with E-state index in [0.717, 1.165) is 25.8 Å². The molecule has 0 aliphatic heterocycles. The van der Waals surface area contributed by atoms with Crippen molar-refractivity contribution in [3.63, 3.8) is 0 Å². The zero-order chi connectivity index (χ0) is 14.3. The number of nitrogens with zero attached hydrogens (tertiary/aromatic N) is 1. The van der Waals surface area contributed by atoms with Gasteiger partial charge in [0.25, 0.3) is 0 Å².